The lowest BCUT2D eigenvalue weighted by Crippen LogP contribution is -2.13. The number of nitrogens with zero attached hydrogens (tertiary/aromatic N) is 2. The van der Waals surface area contributed by atoms with Crippen LogP contribution in [0.5, 0.6) is 0 Å². The van der Waals surface area contributed by atoms with E-state index in [1.165, 1.54) is 0 Å². The number of nitrogens with two attached hydrogens (primary N) is 1. The first-order valence-corrected chi connectivity index (χ1v) is 7.45. The van der Waals surface area contributed by atoms with Crippen molar-refractivity contribution in [1.82, 2.24) is 10.1 Å². The van der Waals surface area contributed by atoms with Gasteiger partial charge in [0, 0.05) is 11.4 Å². The topological polar surface area (TPSA) is 64.9 Å². The maximum atomic E-state index is 6.14. The second kappa shape index (κ2) is 6.73. The number of rotatable bonds is 5. The Bertz CT molecular complexity index is 725. The molecule has 0 bridgehead atoms. The van der Waals surface area contributed by atoms with Gasteiger partial charge in [0.25, 0.3) is 0 Å². The van der Waals surface area contributed by atoms with Gasteiger partial charge in [0.2, 0.25) is 5.89 Å². The van der Waals surface area contributed by atoms with E-state index in [1.807, 2.05) is 54.6 Å². The molecule has 1 aromatic heterocycles. The summed E-state index contributed by atoms with van der Waals surface area (Å²) >= 11 is 5.87. The zero-order valence-corrected chi connectivity index (χ0v) is 12.7. The number of hydrogen-bond acceptors (Lipinski definition) is 4. The van der Waals surface area contributed by atoms with Gasteiger partial charge in [-0.25, -0.2) is 0 Å². The number of aromatic nitrogens is 2. The first kappa shape index (κ1) is 14.8. The van der Waals surface area contributed by atoms with E-state index in [4.69, 9.17) is 21.9 Å². The Hall–Kier alpha value is -2.17. The van der Waals surface area contributed by atoms with Crippen LogP contribution in [-0.2, 0) is 12.8 Å². The molecule has 1 atom stereocenters. The molecule has 112 valence electrons. The van der Waals surface area contributed by atoms with E-state index in [0.717, 1.165) is 11.1 Å². The quantitative estimate of drug-likeness (QED) is 0.782. The number of halogens is 1. The molecule has 3 rings (SSSR count). The molecule has 3 aromatic rings. The minimum absolute atomic E-state index is 0.297. The van der Waals surface area contributed by atoms with Gasteiger partial charge >= 0.3 is 0 Å². The van der Waals surface area contributed by atoms with E-state index in [1.54, 1.807) is 0 Å². The molecule has 2 N–H and O–H groups in total. The summed E-state index contributed by atoms with van der Waals surface area (Å²) in [6, 6.07) is 17.3. The lowest BCUT2D eigenvalue weighted by molar-refractivity contribution is 0.350. The molecule has 1 heterocycles. The fraction of sp³-hybridized carbons (Fsp3) is 0.176. The van der Waals surface area contributed by atoms with Gasteiger partial charge in [-0.3, -0.25) is 0 Å². The molecule has 0 saturated carbocycles. The van der Waals surface area contributed by atoms with Crippen LogP contribution in [-0.4, -0.2) is 10.1 Å². The Morgan fingerprint density at radius 1 is 1.00 bits per heavy atom. The molecule has 0 amide bonds. The van der Waals surface area contributed by atoms with E-state index < -0.39 is 0 Å². The number of hydrogen-bond donors (Lipinski definition) is 1. The van der Waals surface area contributed by atoms with Gasteiger partial charge < -0.3 is 10.3 Å². The largest absolute Gasteiger partial charge is 0.338 e. The Morgan fingerprint density at radius 3 is 2.45 bits per heavy atom. The molecular weight excluding hydrogens is 298 g/mol. The molecule has 0 saturated heterocycles. The third-order valence-electron chi connectivity index (χ3n) is 3.37. The fourth-order valence-corrected chi connectivity index (χ4v) is 2.36. The highest BCUT2D eigenvalue weighted by Gasteiger charge is 2.15. The maximum absolute atomic E-state index is 6.14. The fourth-order valence-electron chi connectivity index (χ4n) is 2.23. The highest BCUT2D eigenvalue weighted by molar-refractivity contribution is 6.30. The van der Waals surface area contributed by atoms with Crippen molar-refractivity contribution in [2.75, 3.05) is 0 Å². The second-order valence-corrected chi connectivity index (χ2v) is 5.58. The standard InChI is InChI=1S/C17H16ClN3O/c18-14-8-6-13(7-9-14)11-16-20-17(22-21-16)15(19)10-12-4-2-1-3-5-12/h1-9,15H,10-11,19H2/t15-/m0/s1. The number of benzene rings is 2. The van der Waals surface area contributed by atoms with Crippen LogP contribution in [0.4, 0.5) is 0 Å². The van der Waals surface area contributed by atoms with Gasteiger partial charge in [0.1, 0.15) is 0 Å². The van der Waals surface area contributed by atoms with Crippen molar-refractivity contribution in [3.05, 3.63) is 82.5 Å². The molecule has 0 radical (unpaired) electrons. The summed E-state index contributed by atoms with van der Waals surface area (Å²) in [6.07, 6.45) is 1.27. The van der Waals surface area contributed by atoms with Gasteiger partial charge in [0.05, 0.1) is 6.04 Å². The Labute approximate surface area is 133 Å². The summed E-state index contributed by atoms with van der Waals surface area (Å²) < 4.78 is 5.28. The molecule has 4 nitrogen and oxygen atoms in total. The van der Waals surface area contributed by atoms with Gasteiger partial charge in [-0.1, -0.05) is 59.2 Å². The second-order valence-electron chi connectivity index (χ2n) is 5.15. The molecule has 0 fully saturated rings. The Balaban J connectivity index is 1.66. The molecule has 5 heteroatoms. The van der Waals surface area contributed by atoms with Crippen LogP contribution < -0.4 is 5.73 Å². The average molecular weight is 314 g/mol. The van der Waals surface area contributed by atoms with E-state index >= 15 is 0 Å². The van der Waals surface area contributed by atoms with Crippen LogP contribution >= 0.6 is 11.6 Å². The molecule has 0 aliphatic heterocycles. The van der Waals surface area contributed by atoms with Crippen molar-refractivity contribution in [2.24, 2.45) is 5.73 Å². The third-order valence-corrected chi connectivity index (χ3v) is 3.63. The molecule has 0 spiro atoms. The lowest BCUT2D eigenvalue weighted by atomic mass is 10.1. The smallest absolute Gasteiger partial charge is 0.243 e. The van der Waals surface area contributed by atoms with Crippen LogP contribution in [0, 0.1) is 0 Å². The maximum Gasteiger partial charge on any atom is 0.243 e. The summed E-state index contributed by atoms with van der Waals surface area (Å²) in [5.41, 5.74) is 8.36. The van der Waals surface area contributed by atoms with Crippen LogP contribution in [0.2, 0.25) is 5.02 Å². The zero-order chi connectivity index (χ0) is 15.4. The summed E-state index contributed by atoms with van der Waals surface area (Å²) in [7, 11) is 0. The molecule has 0 aliphatic rings. The van der Waals surface area contributed by atoms with Gasteiger partial charge in [0.15, 0.2) is 5.82 Å². The Morgan fingerprint density at radius 2 is 1.73 bits per heavy atom. The minimum Gasteiger partial charge on any atom is -0.338 e. The van der Waals surface area contributed by atoms with Crippen molar-refractivity contribution in [3.63, 3.8) is 0 Å². The van der Waals surface area contributed by atoms with Gasteiger partial charge in [-0.05, 0) is 29.7 Å². The van der Waals surface area contributed by atoms with Crippen LogP contribution in [0.25, 0.3) is 0 Å². The highest BCUT2D eigenvalue weighted by Crippen LogP contribution is 2.16. The summed E-state index contributed by atoms with van der Waals surface area (Å²) in [4.78, 5) is 4.39. The molecule has 22 heavy (non-hydrogen) atoms. The zero-order valence-electron chi connectivity index (χ0n) is 11.9. The molecule has 0 unspecified atom stereocenters. The first-order chi connectivity index (χ1) is 10.7. The summed E-state index contributed by atoms with van der Waals surface area (Å²) in [5, 5.41) is 4.71. The van der Waals surface area contributed by atoms with Crippen molar-refractivity contribution >= 4 is 11.6 Å². The summed E-state index contributed by atoms with van der Waals surface area (Å²) in [5.74, 6) is 1.09. The van der Waals surface area contributed by atoms with Crippen molar-refractivity contribution in [1.29, 1.82) is 0 Å². The Kier molecular flexibility index (Phi) is 4.51. The highest BCUT2D eigenvalue weighted by atomic mass is 35.5. The predicted octanol–water partition coefficient (Wildman–Crippen LogP) is 3.56. The molecule has 0 aliphatic carbocycles. The van der Waals surface area contributed by atoms with Crippen molar-refractivity contribution < 1.29 is 4.52 Å². The van der Waals surface area contributed by atoms with Gasteiger partial charge in [-0.15, -0.1) is 0 Å². The van der Waals surface area contributed by atoms with E-state index in [0.29, 0.717) is 29.6 Å². The first-order valence-electron chi connectivity index (χ1n) is 7.07. The van der Waals surface area contributed by atoms with Crippen molar-refractivity contribution in [3.8, 4) is 0 Å². The summed E-state index contributed by atoms with van der Waals surface area (Å²) in [6.45, 7) is 0. The third kappa shape index (κ3) is 3.72. The van der Waals surface area contributed by atoms with Crippen molar-refractivity contribution in [2.45, 2.75) is 18.9 Å². The molecular formula is C17H16ClN3O. The van der Waals surface area contributed by atoms with E-state index in [-0.39, 0.29) is 6.04 Å². The predicted molar refractivity (Wildman–Crippen MR) is 85.6 cm³/mol. The van der Waals surface area contributed by atoms with Crippen LogP contribution in [0.1, 0.15) is 28.9 Å². The minimum atomic E-state index is -0.297. The average Bonchev–Trinajstić information content (AvgIpc) is 2.99. The lowest BCUT2D eigenvalue weighted by Gasteiger charge is -2.05. The monoisotopic (exact) mass is 313 g/mol. The normalized spacial score (nSPS) is 12.3. The van der Waals surface area contributed by atoms with Gasteiger partial charge in [-0.2, -0.15) is 4.98 Å². The van der Waals surface area contributed by atoms with E-state index in [9.17, 15) is 0 Å². The SMILES string of the molecule is N[C@@H](Cc1ccccc1)c1nc(Cc2ccc(Cl)cc2)no1. The van der Waals surface area contributed by atoms with Crippen LogP contribution in [0.3, 0.4) is 0 Å². The van der Waals surface area contributed by atoms with E-state index in [2.05, 4.69) is 10.1 Å². The van der Waals surface area contributed by atoms with Crippen LogP contribution in [0.15, 0.2) is 59.1 Å². The molecule has 2 aromatic carbocycles.